The fraction of sp³-hybridized carbons (Fsp3) is 0.900. The van der Waals surface area contributed by atoms with Crippen LogP contribution in [0, 0.1) is 12.3 Å². The molecule has 0 aliphatic carbocycles. The molecule has 10 heavy (non-hydrogen) atoms. The summed E-state index contributed by atoms with van der Waals surface area (Å²) in [6.45, 7) is 6.79. The normalized spacial score (nSPS) is 13.5. The Balaban J connectivity index is 3.21. The summed E-state index contributed by atoms with van der Waals surface area (Å²) in [6, 6.07) is 0. The molecule has 0 saturated heterocycles. The van der Waals surface area contributed by atoms with Crippen LogP contribution in [0.15, 0.2) is 0 Å². The van der Waals surface area contributed by atoms with Crippen molar-refractivity contribution in [1.29, 1.82) is 0 Å². The molecule has 0 rings (SSSR count). The van der Waals surface area contributed by atoms with Gasteiger partial charge in [-0.05, 0) is 18.8 Å². The summed E-state index contributed by atoms with van der Waals surface area (Å²) in [6.07, 6.45) is 9.08. The van der Waals surface area contributed by atoms with E-state index in [2.05, 4.69) is 27.2 Å². The Morgan fingerprint density at radius 3 is 2.30 bits per heavy atom. The van der Waals surface area contributed by atoms with Crippen LogP contribution in [0.4, 0.5) is 0 Å². The molecule has 0 N–H and O–H groups in total. The van der Waals surface area contributed by atoms with E-state index >= 15 is 0 Å². The van der Waals surface area contributed by atoms with Gasteiger partial charge in [-0.3, -0.25) is 0 Å². The number of hydrogen-bond acceptors (Lipinski definition) is 0. The molecule has 0 heterocycles. The van der Waals surface area contributed by atoms with E-state index in [-0.39, 0.29) is 0 Å². The van der Waals surface area contributed by atoms with E-state index in [1.165, 1.54) is 32.1 Å². The molecule has 0 amide bonds. The lowest BCUT2D eigenvalue weighted by atomic mass is 9.95. The van der Waals surface area contributed by atoms with Crippen molar-refractivity contribution in [2.75, 3.05) is 0 Å². The first-order chi connectivity index (χ1) is 4.85. The highest BCUT2D eigenvalue weighted by Crippen LogP contribution is 2.16. The van der Waals surface area contributed by atoms with Crippen LogP contribution in [-0.2, 0) is 0 Å². The molecular weight excluding hydrogens is 120 g/mol. The largest absolute Gasteiger partial charge is 0.0654 e. The average molecular weight is 141 g/mol. The predicted octanol–water partition coefficient (Wildman–Crippen LogP) is 3.82. The number of unbranched alkanes of at least 4 members (excludes halogenated alkanes) is 1. The second kappa shape index (κ2) is 7.11. The van der Waals surface area contributed by atoms with E-state index in [1.54, 1.807) is 0 Å². The summed E-state index contributed by atoms with van der Waals surface area (Å²) in [5.74, 6) is 0.963. The Morgan fingerprint density at radius 1 is 1.20 bits per heavy atom. The standard InChI is InChI=1S/C10H21/c1-4-7-9-10(6-3)8-5-2/h7,10H,4-6,8-9H2,1-3H3. The van der Waals surface area contributed by atoms with E-state index in [4.69, 9.17) is 0 Å². The topological polar surface area (TPSA) is 0 Å². The molecule has 0 aromatic rings. The molecule has 0 aromatic heterocycles. The van der Waals surface area contributed by atoms with Gasteiger partial charge < -0.3 is 0 Å². The first kappa shape index (κ1) is 10.0. The predicted molar refractivity (Wildman–Crippen MR) is 47.9 cm³/mol. The molecule has 61 valence electrons. The zero-order valence-corrected chi connectivity index (χ0v) is 7.69. The highest BCUT2D eigenvalue weighted by Gasteiger charge is 2.02. The van der Waals surface area contributed by atoms with Crippen molar-refractivity contribution >= 4 is 0 Å². The highest BCUT2D eigenvalue weighted by molar-refractivity contribution is 4.68. The van der Waals surface area contributed by atoms with Crippen LogP contribution in [0.1, 0.15) is 52.9 Å². The Bertz CT molecular complexity index is 57.1. The van der Waals surface area contributed by atoms with Crippen molar-refractivity contribution in [2.24, 2.45) is 5.92 Å². The van der Waals surface area contributed by atoms with Crippen molar-refractivity contribution < 1.29 is 0 Å². The van der Waals surface area contributed by atoms with E-state index in [1.807, 2.05) is 0 Å². The Morgan fingerprint density at radius 2 is 1.90 bits per heavy atom. The minimum Gasteiger partial charge on any atom is -0.0654 e. The molecule has 0 aliphatic rings. The molecule has 1 radical (unpaired) electrons. The Kier molecular flexibility index (Phi) is 7.11. The Hall–Kier alpha value is 0. The minimum atomic E-state index is 0.963. The zero-order chi connectivity index (χ0) is 7.82. The lowest BCUT2D eigenvalue weighted by molar-refractivity contribution is 0.454. The van der Waals surface area contributed by atoms with Gasteiger partial charge in [0.05, 0.1) is 0 Å². The van der Waals surface area contributed by atoms with E-state index in [0.29, 0.717) is 0 Å². The monoisotopic (exact) mass is 141 g/mol. The van der Waals surface area contributed by atoms with Crippen LogP contribution in [0.25, 0.3) is 0 Å². The van der Waals surface area contributed by atoms with Gasteiger partial charge in [-0.2, -0.15) is 0 Å². The molecule has 0 saturated carbocycles. The first-order valence-electron chi connectivity index (χ1n) is 4.66. The van der Waals surface area contributed by atoms with Crippen molar-refractivity contribution in [2.45, 2.75) is 52.9 Å². The van der Waals surface area contributed by atoms with E-state index in [0.717, 1.165) is 5.92 Å². The van der Waals surface area contributed by atoms with Crippen LogP contribution in [0.5, 0.6) is 0 Å². The van der Waals surface area contributed by atoms with Gasteiger partial charge in [0.2, 0.25) is 0 Å². The molecule has 0 fully saturated rings. The molecule has 0 heteroatoms. The smallest absolute Gasteiger partial charge is 0.0386 e. The summed E-state index contributed by atoms with van der Waals surface area (Å²) in [5.41, 5.74) is 0. The minimum absolute atomic E-state index is 0.963. The van der Waals surface area contributed by atoms with Gasteiger partial charge in [0.25, 0.3) is 0 Å². The van der Waals surface area contributed by atoms with Crippen LogP contribution >= 0.6 is 0 Å². The summed E-state index contributed by atoms with van der Waals surface area (Å²) < 4.78 is 0. The molecule has 0 aliphatic heterocycles. The average Bonchev–Trinajstić information content (AvgIpc) is 1.98. The molecule has 1 unspecified atom stereocenters. The van der Waals surface area contributed by atoms with Crippen molar-refractivity contribution in [3.05, 3.63) is 6.42 Å². The maximum Gasteiger partial charge on any atom is -0.0386 e. The Labute approximate surface area is 66.0 Å². The second-order valence-electron chi connectivity index (χ2n) is 3.00. The molecule has 0 aromatic carbocycles. The van der Waals surface area contributed by atoms with Gasteiger partial charge in [-0.1, -0.05) is 46.5 Å². The maximum atomic E-state index is 2.41. The second-order valence-corrected chi connectivity index (χ2v) is 3.00. The van der Waals surface area contributed by atoms with E-state index in [9.17, 15) is 0 Å². The van der Waals surface area contributed by atoms with Gasteiger partial charge in [0.15, 0.2) is 0 Å². The zero-order valence-electron chi connectivity index (χ0n) is 7.69. The quantitative estimate of drug-likeness (QED) is 0.527. The molecule has 0 spiro atoms. The van der Waals surface area contributed by atoms with Crippen LogP contribution in [0.3, 0.4) is 0 Å². The van der Waals surface area contributed by atoms with Gasteiger partial charge >= 0.3 is 0 Å². The fourth-order valence-electron chi connectivity index (χ4n) is 1.30. The lowest BCUT2D eigenvalue weighted by Crippen LogP contribution is -1.97. The summed E-state index contributed by atoms with van der Waals surface area (Å²) in [5, 5.41) is 0. The van der Waals surface area contributed by atoms with Gasteiger partial charge in [-0.25, -0.2) is 0 Å². The lowest BCUT2D eigenvalue weighted by Gasteiger charge is -2.11. The summed E-state index contributed by atoms with van der Waals surface area (Å²) in [4.78, 5) is 0. The molecule has 1 atom stereocenters. The SMILES string of the molecule is CC[CH]CC(CC)CCC. The van der Waals surface area contributed by atoms with Crippen LogP contribution in [0.2, 0.25) is 0 Å². The van der Waals surface area contributed by atoms with Gasteiger partial charge in [0.1, 0.15) is 0 Å². The van der Waals surface area contributed by atoms with Crippen LogP contribution in [-0.4, -0.2) is 0 Å². The third kappa shape index (κ3) is 4.84. The highest BCUT2D eigenvalue weighted by atomic mass is 14.1. The molecule has 0 nitrogen and oxygen atoms in total. The van der Waals surface area contributed by atoms with Gasteiger partial charge in [0, 0.05) is 0 Å². The van der Waals surface area contributed by atoms with Crippen molar-refractivity contribution in [3.8, 4) is 0 Å². The first-order valence-corrected chi connectivity index (χ1v) is 4.66. The maximum absolute atomic E-state index is 2.41. The fourth-order valence-corrected chi connectivity index (χ4v) is 1.30. The molecular formula is C10H21. The van der Waals surface area contributed by atoms with Crippen molar-refractivity contribution in [3.63, 3.8) is 0 Å². The van der Waals surface area contributed by atoms with Crippen molar-refractivity contribution in [1.82, 2.24) is 0 Å². The third-order valence-corrected chi connectivity index (χ3v) is 2.06. The summed E-state index contributed by atoms with van der Waals surface area (Å²) >= 11 is 0. The number of hydrogen-bond donors (Lipinski definition) is 0. The molecule has 0 bridgehead atoms. The third-order valence-electron chi connectivity index (χ3n) is 2.06. The summed E-state index contributed by atoms with van der Waals surface area (Å²) in [7, 11) is 0. The van der Waals surface area contributed by atoms with Gasteiger partial charge in [-0.15, -0.1) is 0 Å². The number of rotatable bonds is 6. The van der Waals surface area contributed by atoms with Crippen LogP contribution < -0.4 is 0 Å². The van der Waals surface area contributed by atoms with E-state index < -0.39 is 0 Å².